The average molecular weight is 286 g/mol. The Morgan fingerprint density at radius 3 is 2.33 bits per heavy atom. The zero-order chi connectivity index (χ0) is 15.3. The average Bonchev–Trinajstić information content (AvgIpc) is 2.48. The van der Waals surface area contributed by atoms with Crippen LogP contribution in [0.4, 0.5) is 5.69 Å². The Morgan fingerprint density at radius 1 is 1.14 bits per heavy atom. The van der Waals surface area contributed by atoms with Gasteiger partial charge in [-0.05, 0) is 18.1 Å². The summed E-state index contributed by atoms with van der Waals surface area (Å²) in [6.45, 7) is 2.69. The molecule has 1 unspecified atom stereocenters. The van der Waals surface area contributed by atoms with Crippen molar-refractivity contribution in [1.82, 2.24) is 5.32 Å². The summed E-state index contributed by atoms with van der Waals surface area (Å²) >= 11 is 0. The van der Waals surface area contributed by atoms with Crippen LogP contribution in [0.25, 0.3) is 0 Å². The number of nitrogens with zero attached hydrogens (tertiary/aromatic N) is 1. The van der Waals surface area contributed by atoms with Crippen LogP contribution in [0.2, 0.25) is 0 Å². The molecule has 0 aliphatic rings. The molecule has 0 spiro atoms. The van der Waals surface area contributed by atoms with Crippen LogP contribution in [0, 0.1) is 10.1 Å². The summed E-state index contributed by atoms with van der Waals surface area (Å²) in [5.74, 6) is 0. The summed E-state index contributed by atoms with van der Waals surface area (Å²) in [6.07, 6.45) is 0. The van der Waals surface area contributed by atoms with Gasteiger partial charge in [0.2, 0.25) is 0 Å². The van der Waals surface area contributed by atoms with Gasteiger partial charge < -0.3 is 10.4 Å². The SMILES string of the molecule is CC(O)(CNCc1ccc([N+](=O)[O-])cc1)c1ccccc1. The maximum absolute atomic E-state index is 10.6. The monoisotopic (exact) mass is 286 g/mol. The van der Waals surface area contributed by atoms with Crippen LogP contribution >= 0.6 is 0 Å². The maximum atomic E-state index is 10.6. The van der Waals surface area contributed by atoms with Gasteiger partial charge in [0.25, 0.3) is 5.69 Å². The number of benzene rings is 2. The predicted molar refractivity (Wildman–Crippen MR) is 80.8 cm³/mol. The van der Waals surface area contributed by atoms with Crippen LogP contribution < -0.4 is 5.32 Å². The molecule has 2 N–H and O–H groups in total. The zero-order valence-electron chi connectivity index (χ0n) is 11.8. The second kappa shape index (κ2) is 6.47. The highest BCUT2D eigenvalue weighted by Gasteiger charge is 2.21. The summed E-state index contributed by atoms with van der Waals surface area (Å²) in [7, 11) is 0. The summed E-state index contributed by atoms with van der Waals surface area (Å²) in [4.78, 5) is 10.2. The fourth-order valence-electron chi connectivity index (χ4n) is 2.09. The molecule has 0 fully saturated rings. The van der Waals surface area contributed by atoms with Crippen molar-refractivity contribution in [3.63, 3.8) is 0 Å². The third kappa shape index (κ3) is 4.11. The highest BCUT2D eigenvalue weighted by Crippen LogP contribution is 2.19. The smallest absolute Gasteiger partial charge is 0.269 e. The molecule has 110 valence electrons. The van der Waals surface area contributed by atoms with Crippen LogP contribution in [-0.4, -0.2) is 16.6 Å². The minimum Gasteiger partial charge on any atom is -0.384 e. The molecule has 0 aromatic heterocycles. The lowest BCUT2D eigenvalue weighted by Gasteiger charge is -2.24. The van der Waals surface area contributed by atoms with Crippen LogP contribution in [0.5, 0.6) is 0 Å². The molecule has 1 atom stereocenters. The Hall–Kier alpha value is -2.24. The Morgan fingerprint density at radius 2 is 1.76 bits per heavy atom. The van der Waals surface area contributed by atoms with E-state index in [1.54, 1.807) is 19.1 Å². The number of rotatable bonds is 6. The van der Waals surface area contributed by atoms with E-state index < -0.39 is 10.5 Å². The Balaban J connectivity index is 1.90. The molecule has 0 aliphatic carbocycles. The fourth-order valence-corrected chi connectivity index (χ4v) is 2.09. The molecule has 2 aromatic rings. The van der Waals surface area contributed by atoms with Crippen molar-refractivity contribution in [2.45, 2.75) is 19.1 Å². The number of hydrogen-bond donors (Lipinski definition) is 2. The standard InChI is InChI=1S/C16H18N2O3/c1-16(19,14-5-3-2-4-6-14)12-17-11-13-7-9-15(10-8-13)18(20)21/h2-10,17,19H,11-12H2,1H3. The summed E-state index contributed by atoms with van der Waals surface area (Å²) in [6, 6.07) is 15.8. The minimum absolute atomic E-state index is 0.0787. The van der Waals surface area contributed by atoms with Crippen LogP contribution in [0.3, 0.4) is 0 Å². The van der Waals surface area contributed by atoms with E-state index >= 15 is 0 Å². The Kier molecular flexibility index (Phi) is 4.67. The molecule has 0 aliphatic heterocycles. The van der Waals surface area contributed by atoms with Crippen molar-refractivity contribution in [3.8, 4) is 0 Å². The molecule has 2 aromatic carbocycles. The lowest BCUT2D eigenvalue weighted by Crippen LogP contribution is -2.35. The first-order valence-electron chi connectivity index (χ1n) is 6.71. The molecule has 21 heavy (non-hydrogen) atoms. The molecule has 0 heterocycles. The molecule has 2 rings (SSSR count). The number of aliphatic hydroxyl groups is 1. The van der Waals surface area contributed by atoms with Gasteiger partial charge in [0.15, 0.2) is 0 Å². The van der Waals surface area contributed by atoms with E-state index in [0.29, 0.717) is 13.1 Å². The van der Waals surface area contributed by atoms with Gasteiger partial charge in [-0.15, -0.1) is 0 Å². The van der Waals surface area contributed by atoms with E-state index in [4.69, 9.17) is 0 Å². The first-order valence-corrected chi connectivity index (χ1v) is 6.71. The van der Waals surface area contributed by atoms with Crippen LogP contribution in [-0.2, 0) is 12.1 Å². The molecular formula is C16H18N2O3. The second-order valence-corrected chi connectivity index (χ2v) is 5.17. The van der Waals surface area contributed by atoms with Crippen molar-refractivity contribution in [2.75, 3.05) is 6.54 Å². The molecule has 0 radical (unpaired) electrons. The highest BCUT2D eigenvalue weighted by molar-refractivity contribution is 5.32. The van der Waals surface area contributed by atoms with E-state index in [1.807, 2.05) is 30.3 Å². The first-order chi connectivity index (χ1) is 9.99. The number of non-ortho nitro benzene ring substituents is 1. The summed E-state index contributed by atoms with van der Waals surface area (Å²) < 4.78 is 0. The molecule has 0 saturated heterocycles. The largest absolute Gasteiger partial charge is 0.384 e. The summed E-state index contributed by atoms with van der Waals surface area (Å²) in [5.41, 5.74) is 0.905. The third-order valence-corrected chi connectivity index (χ3v) is 3.34. The third-order valence-electron chi connectivity index (χ3n) is 3.34. The Labute approximate surface area is 123 Å². The van der Waals surface area contributed by atoms with Gasteiger partial charge in [-0.2, -0.15) is 0 Å². The number of nitro groups is 1. The number of nitro benzene ring substituents is 1. The van der Waals surface area contributed by atoms with Gasteiger partial charge in [-0.1, -0.05) is 42.5 Å². The molecule has 0 bridgehead atoms. The normalized spacial score (nSPS) is 13.6. The molecule has 0 amide bonds. The van der Waals surface area contributed by atoms with Gasteiger partial charge in [0, 0.05) is 25.2 Å². The van der Waals surface area contributed by atoms with Crippen molar-refractivity contribution >= 4 is 5.69 Å². The summed E-state index contributed by atoms with van der Waals surface area (Å²) in [5, 5.41) is 24.2. The molecule has 5 nitrogen and oxygen atoms in total. The lowest BCUT2D eigenvalue weighted by molar-refractivity contribution is -0.384. The van der Waals surface area contributed by atoms with Gasteiger partial charge >= 0.3 is 0 Å². The van der Waals surface area contributed by atoms with E-state index in [-0.39, 0.29) is 5.69 Å². The fraction of sp³-hybridized carbons (Fsp3) is 0.250. The molecule has 0 saturated carbocycles. The number of hydrogen-bond acceptors (Lipinski definition) is 4. The van der Waals surface area contributed by atoms with Crippen LogP contribution in [0.15, 0.2) is 54.6 Å². The van der Waals surface area contributed by atoms with Crippen molar-refractivity contribution in [3.05, 3.63) is 75.8 Å². The second-order valence-electron chi connectivity index (χ2n) is 5.17. The lowest BCUT2D eigenvalue weighted by atomic mass is 9.96. The molecule has 5 heteroatoms. The first kappa shape index (κ1) is 15.2. The van der Waals surface area contributed by atoms with E-state index in [0.717, 1.165) is 11.1 Å². The van der Waals surface area contributed by atoms with Gasteiger partial charge in [0.05, 0.1) is 10.5 Å². The van der Waals surface area contributed by atoms with Crippen molar-refractivity contribution in [2.24, 2.45) is 0 Å². The van der Waals surface area contributed by atoms with Crippen molar-refractivity contribution < 1.29 is 10.0 Å². The molecular weight excluding hydrogens is 268 g/mol. The van der Waals surface area contributed by atoms with Crippen molar-refractivity contribution in [1.29, 1.82) is 0 Å². The number of nitrogens with one attached hydrogen (secondary N) is 1. The van der Waals surface area contributed by atoms with E-state index in [1.165, 1.54) is 12.1 Å². The predicted octanol–water partition coefficient (Wildman–Crippen LogP) is 2.59. The Bertz CT molecular complexity index is 595. The quantitative estimate of drug-likeness (QED) is 0.632. The topological polar surface area (TPSA) is 75.4 Å². The van der Waals surface area contributed by atoms with Gasteiger partial charge in [0.1, 0.15) is 0 Å². The van der Waals surface area contributed by atoms with Gasteiger partial charge in [-0.3, -0.25) is 10.1 Å². The van der Waals surface area contributed by atoms with E-state index in [9.17, 15) is 15.2 Å². The zero-order valence-corrected chi connectivity index (χ0v) is 11.8. The highest BCUT2D eigenvalue weighted by atomic mass is 16.6. The minimum atomic E-state index is -0.956. The maximum Gasteiger partial charge on any atom is 0.269 e. The van der Waals surface area contributed by atoms with Crippen LogP contribution in [0.1, 0.15) is 18.1 Å². The van der Waals surface area contributed by atoms with E-state index in [2.05, 4.69) is 5.32 Å². The van der Waals surface area contributed by atoms with Gasteiger partial charge in [-0.25, -0.2) is 0 Å².